The number of benzene rings is 2. The average molecular weight is 352 g/mol. The van der Waals surface area contributed by atoms with Crippen LogP contribution in [0, 0.1) is 0 Å². The molecular weight excluding hydrogens is 324 g/mol. The molecule has 4 nitrogen and oxygen atoms in total. The third kappa shape index (κ3) is 5.27. The van der Waals surface area contributed by atoms with Gasteiger partial charge in [0.1, 0.15) is 0 Å². The minimum Gasteiger partial charge on any atom is -0.325 e. The van der Waals surface area contributed by atoms with Crippen molar-refractivity contribution in [2.75, 3.05) is 12.4 Å². The molecule has 1 amide bonds. The number of hydrogen-bond acceptors (Lipinski definition) is 3. The maximum atomic E-state index is 12.5. The average Bonchev–Trinajstić information content (AvgIpc) is 2.61. The SMILES string of the molecule is CC(=O)c1ccc(NC(=O)[C@H](C)N(C)Cc2ccc(C(C)C)cc2)cc1. The number of anilines is 1. The lowest BCUT2D eigenvalue weighted by molar-refractivity contribution is -0.120. The van der Waals surface area contributed by atoms with E-state index in [9.17, 15) is 9.59 Å². The fraction of sp³-hybridized carbons (Fsp3) is 0.364. The van der Waals surface area contributed by atoms with Crippen molar-refractivity contribution < 1.29 is 9.59 Å². The second kappa shape index (κ2) is 8.77. The van der Waals surface area contributed by atoms with Gasteiger partial charge in [0.2, 0.25) is 5.91 Å². The Morgan fingerprint density at radius 2 is 1.54 bits per heavy atom. The summed E-state index contributed by atoms with van der Waals surface area (Å²) in [6.45, 7) is 8.48. The summed E-state index contributed by atoms with van der Waals surface area (Å²) in [7, 11) is 1.94. The van der Waals surface area contributed by atoms with E-state index in [0.29, 0.717) is 23.7 Å². The predicted molar refractivity (Wildman–Crippen MR) is 107 cm³/mol. The molecule has 0 fully saturated rings. The topological polar surface area (TPSA) is 49.4 Å². The number of ketones is 1. The van der Waals surface area contributed by atoms with Crippen LogP contribution < -0.4 is 5.32 Å². The van der Waals surface area contributed by atoms with Gasteiger partial charge in [-0.25, -0.2) is 0 Å². The number of carbonyl (C=O) groups excluding carboxylic acids is 2. The molecule has 2 rings (SSSR count). The van der Waals surface area contributed by atoms with Gasteiger partial charge < -0.3 is 5.32 Å². The molecule has 0 bridgehead atoms. The number of nitrogens with zero attached hydrogens (tertiary/aromatic N) is 1. The maximum absolute atomic E-state index is 12.5. The number of rotatable bonds is 7. The highest BCUT2D eigenvalue weighted by atomic mass is 16.2. The largest absolute Gasteiger partial charge is 0.325 e. The van der Waals surface area contributed by atoms with E-state index in [1.807, 2.05) is 18.9 Å². The second-order valence-corrected chi connectivity index (χ2v) is 7.11. The van der Waals surface area contributed by atoms with E-state index >= 15 is 0 Å². The van der Waals surface area contributed by atoms with Gasteiger partial charge in [0, 0.05) is 17.8 Å². The summed E-state index contributed by atoms with van der Waals surface area (Å²) < 4.78 is 0. The van der Waals surface area contributed by atoms with Crippen LogP contribution in [-0.2, 0) is 11.3 Å². The Morgan fingerprint density at radius 3 is 2.04 bits per heavy atom. The molecule has 0 saturated heterocycles. The molecule has 26 heavy (non-hydrogen) atoms. The first-order chi connectivity index (χ1) is 12.3. The van der Waals surface area contributed by atoms with Gasteiger partial charge in [-0.15, -0.1) is 0 Å². The Kier molecular flexibility index (Phi) is 6.70. The van der Waals surface area contributed by atoms with Crippen LogP contribution >= 0.6 is 0 Å². The zero-order chi connectivity index (χ0) is 19.3. The van der Waals surface area contributed by atoms with Crippen molar-refractivity contribution in [2.45, 2.75) is 46.2 Å². The molecule has 1 atom stereocenters. The minimum atomic E-state index is -0.271. The molecule has 4 heteroatoms. The summed E-state index contributed by atoms with van der Waals surface area (Å²) in [5.74, 6) is 0.460. The highest BCUT2D eigenvalue weighted by molar-refractivity contribution is 5.96. The summed E-state index contributed by atoms with van der Waals surface area (Å²) in [5, 5.41) is 2.91. The van der Waals surface area contributed by atoms with Gasteiger partial charge in [-0.05, 0) is 62.2 Å². The number of nitrogens with one attached hydrogen (secondary N) is 1. The van der Waals surface area contributed by atoms with Gasteiger partial charge >= 0.3 is 0 Å². The fourth-order valence-corrected chi connectivity index (χ4v) is 2.67. The van der Waals surface area contributed by atoms with Crippen LogP contribution in [-0.4, -0.2) is 29.7 Å². The maximum Gasteiger partial charge on any atom is 0.241 e. The summed E-state index contributed by atoms with van der Waals surface area (Å²) in [5.41, 5.74) is 3.83. The van der Waals surface area contributed by atoms with Gasteiger partial charge in [0.05, 0.1) is 6.04 Å². The van der Waals surface area contributed by atoms with Crippen molar-refractivity contribution in [3.63, 3.8) is 0 Å². The lowest BCUT2D eigenvalue weighted by atomic mass is 10.0. The molecule has 2 aromatic carbocycles. The van der Waals surface area contributed by atoms with Crippen molar-refractivity contribution in [1.82, 2.24) is 4.90 Å². The Balaban J connectivity index is 1.94. The van der Waals surface area contributed by atoms with E-state index in [1.165, 1.54) is 18.1 Å². The van der Waals surface area contributed by atoms with Gasteiger partial charge in [-0.2, -0.15) is 0 Å². The van der Waals surface area contributed by atoms with E-state index < -0.39 is 0 Å². The quantitative estimate of drug-likeness (QED) is 0.748. The molecule has 0 aliphatic heterocycles. The molecule has 1 N–H and O–H groups in total. The normalized spacial score (nSPS) is 12.3. The molecule has 0 unspecified atom stereocenters. The Morgan fingerprint density at radius 1 is 0.962 bits per heavy atom. The number of carbonyl (C=O) groups is 2. The van der Waals surface area contributed by atoms with E-state index in [-0.39, 0.29) is 17.7 Å². The number of hydrogen-bond donors (Lipinski definition) is 1. The molecule has 0 radical (unpaired) electrons. The van der Waals surface area contributed by atoms with Crippen molar-refractivity contribution in [3.05, 3.63) is 65.2 Å². The van der Waals surface area contributed by atoms with Gasteiger partial charge in [-0.3, -0.25) is 14.5 Å². The van der Waals surface area contributed by atoms with E-state index in [4.69, 9.17) is 0 Å². The van der Waals surface area contributed by atoms with Crippen LogP contribution in [0.3, 0.4) is 0 Å². The monoisotopic (exact) mass is 352 g/mol. The molecule has 0 aliphatic carbocycles. The Bertz CT molecular complexity index is 749. The van der Waals surface area contributed by atoms with Crippen LogP contribution in [0.4, 0.5) is 5.69 Å². The molecule has 2 aromatic rings. The smallest absolute Gasteiger partial charge is 0.241 e. The number of amides is 1. The molecule has 138 valence electrons. The molecule has 0 aliphatic rings. The molecule has 0 aromatic heterocycles. The third-order valence-corrected chi connectivity index (χ3v) is 4.68. The molecule has 0 saturated carbocycles. The highest BCUT2D eigenvalue weighted by Gasteiger charge is 2.18. The van der Waals surface area contributed by atoms with Crippen LogP contribution in [0.1, 0.15) is 55.1 Å². The van der Waals surface area contributed by atoms with Gasteiger partial charge in [-0.1, -0.05) is 38.1 Å². The van der Waals surface area contributed by atoms with Crippen molar-refractivity contribution >= 4 is 17.4 Å². The summed E-state index contributed by atoms with van der Waals surface area (Å²) in [6.07, 6.45) is 0. The van der Waals surface area contributed by atoms with Crippen LogP contribution in [0.15, 0.2) is 48.5 Å². The Hall–Kier alpha value is -2.46. The molecule has 0 spiro atoms. The van der Waals surface area contributed by atoms with Crippen LogP contribution in [0.25, 0.3) is 0 Å². The first kappa shape index (κ1) is 19.9. The highest BCUT2D eigenvalue weighted by Crippen LogP contribution is 2.16. The summed E-state index contributed by atoms with van der Waals surface area (Å²) >= 11 is 0. The van der Waals surface area contributed by atoms with Crippen molar-refractivity contribution in [3.8, 4) is 0 Å². The molecule has 0 heterocycles. The number of Topliss-reactive ketones (excluding diaryl/α,β-unsaturated/α-hetero) is 1. The fourth-order valence-electron chi connectivity index (χ4n) is 2.67. The van der Waals surface area contributed by atoms with Gasteiger partial charge in [0.25, 0.3) is 0 Å². The zero-order valence-electron chi connectivity index (χ0n) is 16.2. The van der Waals surface area contributed by atoms with E-state index in [1.54, 1.807) is 24.3 Å². The van der Waals surface area contributed by atoms with E-state index in [0.717, 1.165) is 0 Å². The first-order valence-corrected chi connectivity index (χ1v) is 8.99. The third-order valence-electron chi connectivity index (χ3n) is 4.68. The van der Waals surface area contributed by atoms with Crippen LogP contribution in [0.5, 0.6) is 0 Å². The standard InChI is InChI=1S/C22H28N2O2/c1-15(2)19-8-6-18(7-9-19)14-24(5)16(3)22(26)23-21-12-10-20(11-13-21)17(4)25/h6-13,15-16H,14H2,1-5H3,(H,23,26)/t16-/m0/s1. The van der Waals surface area contributed by atoms with Crippen LogP contribution in [0.2, 0.25) is 0 Å². The summed E-state index contributed by atoms with van der Waals surface area (Å²) in [4.78, 5) is 25.8. The lowest BCUT2D eigenvalue weighted by Crippen LogP contribution is -2.39. The first-order valence-electron chi connectivity index (χ1n) is 8.99. The molecular formula is C22H28N2O2. The number of likely N-dealkylation sites (N-methyl/N-ethyl adjacent to an activating group) is 1. The zero-order valence-corrected chi connectivity index (χ0v) is 16.2. The van der Waals surface area contributed by atoms with Gasteiger partial charge in [0.15, 0.2) is 5.78 Å². The predicted octanol–water partition coefficient (Wildman–Crippen LogP) is 4.47. The van der Waals surface area contributed by atoms with Crippen molar-refractivity contribution in [2.24, 2.45) is 0 Å². The van der Waals surface area contributed by atoms with E-state index in [2.05, 4.69) is 43.4 Å². The lowest BCUT2D eigenvalue weighted by Gasteiger charge is -2.24. The van der Waals surface area contributed by atoms with Crippen molar-refractivity contribution in [1.29, 1.82) is 0 Å². The Labute approximate surface area is 156 Å². The minimum absolute atomic E-state index is 0.0134. The second-order valence-electron chi connectivity index (χ2n) is 7.11. The summed E-state index contributed by atoms with van der Waals surface area (Å²) in [6, 6.07) is 15.2.